The number of para-hydroxylation sites is 1. The fourth-order valence-electron chi connectivity index (χ4n) is 4.53. The van der Waals surface area contributed by atoms with Crippen LogP contribution in [0.25, 0.3) is 22.7 Å². The Morgan fingerprint density at radius 3 is 2.71 bits per heavy atom. The van der Waals surface area contributed by atoms with Crippen molar-refractivity contribution in [3.8, 4) is 18.0 Å². The number of nitrogens with zero attached hydrogens (tertiary/aromatic N) is 4. The minimum Gasteiger partial charge on any atom is -0.381 e. The number of carbonyl (C=O) groups is 1. The minimum absolute atomic E-state index is 0.140. The molecule has 1 amide bonds. The van der Waals surface area contributed by atoms with Crippen LogP contribution in [0.5, 0.6) is 0 Å². The summed E-state index contributed by atoms with van der Waals surface area (Å²) in [5, 5.41) is 8.46. The van der Waals surface area contributed by atoms with Crippen molar-refractivity contribution in [2.24, 2.45) is 0 Å². The van der Waals surface area contributed by atoms with Crippen LogP contribution in [0, 0.1) is 12.3 Å². The number of hydrogen-bond acceptors (Lipinski definition) is 5. The number of nitrogens with two attached hydrogens (primary N) is 1. The number of terminal acetylenes is 1. The van der Waals surface area contributed by atoms with Crippen LogP contribution in [0.4, 0.5) is 11.6 Å². The second kappa shape index (κ2) is 8.54. The van der Waals surface area contributed by atoms with Crippen LogP contribution in [0.1, 0.15) is 34.6 Å². The molecule has 0 aliphatic carbocycles. The molecule has 3 N–H and O–H groups in total. The highest BCUT2D eigenvalue weighted by Crippen LogP contribution is 2.29. The second-order valence-corrected chi connectivity index (χ2v) is 8.45. The van der Waals surface area contributed by atoms with Gasteiger partial charge in [0.25, 0.3) is 11.5 Å². The van der Waals surface area contributed by atoms with Crippen LogP contribution in [0.15, 0.2) is 65.5 Å². The Morgan fingerprint density at radius 2 is 1.97 bits per heavy atom. The molecule has 4 aromatic rings. The second-order valence-electron chi connectivity index (χ2n) is 8.45. The molecule has 35 heavy (non-hydrogen) atoms. The van der Waals surface area contributed by atoms with E-state index in [-0.39, 0.29) is 17.3 Å². The number of carbonyl (C=O) groups excluding carboxylic acids is 1. The molecule has 0 saturated carbocycles. The first-order chi connectivity index (χ1) is 16.9. The summed E-state index contributed by atoms with van der Waals surface area (Å²) in [4.78, 5) is 29.1. The van der Waals surface area contributed by atoms with Crippen LogP contribution in [-0.2, 0) is 0 Å². The molecule has 0 spiro atoms. The lowest BCUT2D eigenvalue weighted by atomic mass is 10.0. The van der Waals surface area contributed by atoms with Gasteiger partial charge in [-0.2, -0.15) is 0 Å². The number of amides is 1. The number of likely N-dealkylation sites (N-methyl/N-ethyl adjacent to an activating group) is 1. The summed E-state index contributed by atoms with van der Waals surface area (Å²) in [7, 11) is 1.87. The largest absolute Gasteiger partial charge is 0.381 e. The Hall–Kier alpha value is -4.77. The normalized spacial score (nSPS) is 13.3. The van der Waals surface area contributed by atoms with Crippen LogP contribution in [0.2, 0.25) is 0 Å². The Labute approximate surface area is 202 Å². The highest BCUT2D eigenvalue weighted by Gasteiger charge is 2.28. The van der Waals surface area contributed by atoms with Gasteiger partial charge in [0.15, 0.2) is 5.82 Å². The highest BCUT2D eigenvalue weighted by molar-refractivity contribution is 6.04. The third kappa shape index (κ3) is 3.63. The van der Waals surface area contributed by atoms with E-state index >= 15 is 0 Å². The van der Waals surface area contributed by atoms with E-state index in [2.05, 4.69) is 16.3 Å². The molecule has 0 fully saturated rings. The predicted molar refractivity (Wildman–Crippen MR) is 139 cm³/mol. The van der Waals surface area contributed by atoms with Crippen molar-refractivity contribution in [2.75, 3.05) is 24.2 Å². The van der Waals surface area contributed by atoms with Gasteiger partial charge in [-0.05, 0) is 42.7 Å². The summed E-state index contributed by atoms with van der Waals surface area (Å²) in [6, 6.07) is 16.1. The number of rotatable bonds is 4. The highest BCUT2D eigenvalue weighted by atomic mass is 16.2. The molecule has 0 radical (unpaired) electrons. The van der Waals surface area contributed by atoms with Gasteiger partial charge >= 0.3 is 0 Å². The van der Waals surface area contributed by atoms with Gasteiger partial charge in [0, 0.05) is 36.7 Å². The zero-order chi connectivity index (χ0) is 24.7. The third-order valence-electron chi connectivity index (χ3n) is 6.16. The van der Waals surface area contributed by atoms with Gasteiger partial charge in [-0.3, -0.25) is 14.2 Å². The lowest BCUT2D eigenvalue weighted by molar-refractivity contribution is 0.0940. The van der Waals surface area contributed by atoms with Crippen molar-refractivity contribution >= 4 is 34.5 Å². The van der Waals surface area contributed by atoms with Gasteiger partial charge in [-0.15, -0.1) is 11.5 Å². The average Bonchev–Trinajstić information content (AvgIpc) is 3.21. The quantitative estimate of drug-likeness (QED) is 0.452. The van der Waals surface area contributed by atoms with E-state index in [0.29, 0.717) is 45.6 Å². The first kappa shape index (κ1) is 22.0. The number of fused-ring (bicyclic) bond motifs is 2. The topological polar surface area (TPSA) is 98.2 Å². The molecule has 174 valence electrons. The van der Waals surface area contributed by atoms with E-state index < -0.39 is 6.04 Å². The molecular formula is C27H24N6O2. The molecule has 0 unspecified atom stereocenters. The molecule has 0 bridgehead atoms. The van der Waals surface area contributed by atoms with Gasteiger partial charge in [0.2, 0.25) is 0 Å². The number of aromatic nitrogens is 3. The number of nitrogens with one attached hydrogen (secondary N) is 1. The van der Waals surface area contributed by atoms with Crippen LogP contribution in [0.3, 0.4) is 0 Å². The monoisotopic (exact) mass is 464 g/mol. The van der Waals surface area contributed by atoms with Crippen molar-refractivity contribution in [3.63, 3.8) is 0 Å². The van der Waals surface area contributed by atoms with Gasteiger partial charge in [0.05, 0.1) is 11.4 Å². The van der Waals surface area contributed by atoms with Crippen molar-refractivity contribution in [3.05, 3.63) is 87.8 Å². The number of pyridine rings is 1. The van der Waals surface area contributed by atoms with E-state index in [1.54, 1.807) is 21.5 Å². The molecule has 2 aromatic carbocycles. The molecule has 2 aromatic heterocycles. The zero-order valence-corrected chi connectivity index (χ0v) is 19.4. The Morgan fingerprint density at radius 1 is 1.20 bits per heavy atom. The maximum absolute atomic E-state index is 13.7. The number of nitrogen functional groups attached to an aromatic ring is 1. The van der Waals surface area contributed by atoms with Gasteiger partial charge in [-0.25, -0.2) is 4.68 Å². The molecule has 0 saturated heterocycles. The van der Waals surface area contributed by atoms with Crippen LogP contribution >= 0.6 is 0 Å². The van der Waals surface area contributed by atoms with Crippen molar-refractivity contribution in [1.29, 1.82) is 0 Å². The first-order valence-electron chi connectivity index (χ1n) is 11.2. The predicted octanol–water partition coefficient (Wildman–Crippen LogP) is 3.16. The average molecular weight is 465 g/mol. The summed E-state index contributed by atoms with van der Waals surface area (Å²) < 4.78 is 3.19. The molecule has 3 heterocycles. The van der Waals surface area contributed by atoms with Crippen molar-refractivity contribution < 1.29 is 4.79 Å². The Kier molecular flexibility index (Phi) is 5.38. The summed E-state index contributed by atoms with van der Waals surface area (Å²) in [5.74, 6) is 3.00. The summed E-state index contributed by atoms with van der Waals surface area (Å²) in [6.07, 6.45) is 9.40. The fraction of sp³-hybridized carbons (Fsp3) is 0.148. The van der Waals surface area contributed by atoms with Gasteiger partial charge in [0.1, 0.15) is 11.4 Å². The van der Waals surface area contributed by atoms with Gasteiger partial charge < -0.3 is 16.0 Å². The zero-order valence-electron chi connectivity index (χ0n) is 19.4. The van der Waals surface area contributed by atoms with Crippen molar-refractivity contribution in [2.45, 2.75) is 13.0 Å². The summed E-state index contributed by atoms with van der Waals surface area (Å²) in [5.41, 5.74) is 7.99. The standard InChI is InChI=1S/C27H24N6O2/c1-4-18-10-8-11-19-16-21(33(27(35)22(18)19)20-12-6-5-7-13-20)17(2)29-25(34)23-24(28)30-32-15-9-14-31(3)26(23)32/h1,5-13,15-17H,14H2,2-3H3,(H2,28,30)(H,29,34)/t17-/m1/s1. The molecular weight excluding hydrogens is 440 g/mol. The minimum atomic E-state index is -0.534. The molecule has 8 nitrogen and oxygen atoms in total. The lowest BCUT2D eigenvalue weighted by Gasteiger charge is -2.24. The third-order valence-corrected chi connectivity index (χ3v) is 6.16. The van der Waals surface area contributed by atoms with Crippen LogP contribution < -0.4 is 21.5 Å². The van der Waals surface area contributed by atoms with E-state index in [4.69, 9.17) is 12.2 Å². The maximum atomic E-state index is 13.7. The Bertz CT molecular complexity index is 1590. The smallest absolute Gasteiger partial charge is 0.264 e. The molecule has 1 aliphatic rings. The van der Waals surface area contributed by atoms with Gasteiger partial charge in [-0.1, -0.05) is 36.3 Å². The molecule has 1 aliphatic heterocycles. The lowest BCUT2D eigenvalue weighted by Crippen LogP contribution is -2.33. The fourth-order valence-corrected chi connectivity index (χ4v) is 4.53. The molecule has 5 rings (SSSR count). The van der Waals surface area contributed by atoms with E-state index in [1.807, 2.05) is 73.5 Å². The first-order valence-corrected chi connectivity index (χ1v) is 11.2. The molecule has 8 heteroatoms. The van der Waals surface area contributed by atoms with E-state index in [9.17, 15) is 9.59 Å². The van der Waals surface area contributed by atoms with Crippen LogP contribution in [-0.4, -0.2) is 33.8 Å². The number of benzene rings is 2. The van der Waals surface area contributed by atoms with Crippen molar-refractivity contribution in [1.82, 2.24) is 19.7 Å². The maximum Gasteiger partial charge on any atom is 0.264 e. The number of anilines is 2. The Balaban J connectivity index is 1.63. The van der Waals surface area contributed by atoms with E-state index in [1.165, 1.54) is 0 Å². The number of hydrogen-bond donors (Lipinski definition) is 2. The van der Waals surface area contributed by atoms with E-state index in [0.717, 1.165) is 0 Å². The summed E-state index contributed by atoms with van der Waals surface area (Å²) >= 11 is 0. The SMILES string of the molecule is C#Cc1cccc2cc([C@@H](C)NC(=O)c3c(N)nn4c3N(C)CC=C4)n(-c3ccccc3)c(=O)c12. The summed E-state index contributed by atoms with van der Waals surface area (Å²) in [6.45, 7) is 2.47. The molecule has 1 atom stereocenters.